The lowest BCUT2D eigenvalue weighted by atomic mass is 10.2. The monoisotopic (exact) mass is 358 g/mol. The van der Waals surface area contributed by atoms with Gasteiger partial charge in [0.1, 0.15) is 22.4 Å². The van der Waals surface area contributed by atoms with Crippen molar-refractivity contribution >= 4 is 22.9 Å². The van der Waals surface area contributed by atoms with E-state index in [1.54, 1.807) is 0 Å². The summed E-state index contributed by atoms with van der Waals surface area (Å²) in [6.07, 6.45) is 2.23. The van der Waals surface area contributed by atoms with E-state index in [4.69, 9.17) is 4.74 Å². The minimum atomic E-state index is -0.482. The second kappa shape index (κ2) is 6.97. The van der Waals surface area contributed by atoms with Gasteiger partial charge in [-0.3, -0.25) is 13.8 Å². The number of hydrogen-bond acceptors (Lipinski definition) is 4. The van der Waals surface area contributed by atoms with E-state index in [1.165, 1.54) is 0 Å². The Morgan fingerprint density at radius 3 is 2.73 bits per heavy atom. The van der Waals surface area contributed by atoms with E-state index in [0.717, 1.165) is 36.3 Å². The molecular formula is C19H26N4O3. The molecule has 3 rings (SSSR count). The lowest BCUT2D eigenvalue weighted by Crippen LogP contribution is -2.33. The zero-order valence-electron chi connectivity index (χ0n) is 15.8. The number of unbranched alkanes of at least 4 members (excludes halogenated alkanes) is 2. The number of alkyl carbamates (subject to hydrolysis) is 1. The number of carbonyl (C=O) groups is 1. The lowest BCUT2D eigenvalue weighted by Gasteiger charge is -2.19. The number of nitrogens with zero attached hydrogens (tertiary/aromatic N) is 3. The molecule has 0 fully saturated rings. The van der Waals surface area contributed by atoms with Crippen molar-refractivity contribution in [2.45, 2.75) is 59.1 Å². The van der Waals surface area contributed by atoms with Gasteiger partial charge < -0.3 is 10.1 Å². The average Bonchev–Trinajstić information content (AvgIpc) is 3.02. The van der Waals surface area contributed by atoms with E-state index >= 15 is 0 Å². The molecule has 0 aliphatic rings. The number of carbonyl (C=O) groups excluding carboxylic acids is 1. The van der Waals surface area contributed by atoms with Crippen LogP contribution in [-0.2, 0) is 11.3 Å². The van der Waals surface area contributed by atoms with Crippen molar-refractivity contribution in [3.8, 4) is 0 Å². The van der Waals surface area contributed by atoms with Crippen LogP contribution in [0, 0.1) is 6.92 Å². The summed E-state index contributed by atoms with van der Waals surface area (Å²) in [4.78, 5) is 28.7. The SMILES string of the molecule is Cc1nc2cccc3c(=O)n(CCCCCNC(=O)OC(C)(C)C)c1n23. The highest BCUT2D eigenvalue weighted by Gasteiger charge is 2.17. The van der Waals surface area contributed by atoms with Crippen LogP contribution in [0.25, 0.3) is 16.8 Å². The van der Waals surface area contributed by atoms with Crippen molar-refractivity contribution < 1.29 is 9.53 Å². The standard InChI is InChI=1S/C19H26N4O3/c1-13-16-22(17(24)14-9-8-10-15(21-13)23(14)16)12-7-5-6-11-20-18(25)26-19(2,3)4/h8-10H,5-7,11-12H2,1-4H3,(H,20,25). The number of nitrogens with one attached hydrogen (secondary N) is 1. The van der Waals surface area contributed by atoms with E-state index in [0.29, 0.717) is 18.6 Å². The second-order valence-electron chi connectivity index (χ2n) is 7.57. The highest BCUT2D eigenvalue weighted by Crippen LogP contribution is 2.18. The molecular weight excluding hydrogens is 332 g/mol. The molecule has 140 valence electrons. The van der Waals surface area contributed by atoms with Crippen LogP contribution in [-0.4, -0.2) is 32.2 Å². The third-order valence-corrected chi connectivity index (χ3v) is 4.23. The van der Waals surface area contributed by atoms with Crippen molar-refractivity contribution in [3.63, 3.8) is 0 Å². The Kier molecular flexibility index (Phi) is 4.89. The molecule has 0 aromatic carbocycles. The second-order valence-corrected chi connectivity index (χ2v) is 7.57. The van der Waals surface area contributed by atoms with E-state index in [-0.39, 0.29) is 11.7 Å². The van der Waals surface area contributed by atoms with Gasteiger partial charge in [-0.2, -0.15) is 0 Å². The minimum absolute atomic E-state index is 0.0305. The number of rotatable bonds is 6. The van der Waals surface area contributed by atoms with Crippen molar-refractivity contribution in [1.82, 2.24) is 19.3 Å². The van der Waals surface area contributed by atoms with Crippen molar-refractivity contribution in [3.05, 3.63) is 34.2 Å². The minimum Gasteiger partial charge on any atom is -0.444 e. The molecule has 7 heteroatoms. The average molecular weight is 358 g/mol. The first-order chi connectivity index (χ1) is 12.3. The normalized spacial score (nSPS) is 12.2. The van der Waals surface area contributed by atoms with E-state index in [2.05, 4.69) is 10.3 Å². The smallest absolute Gasteiger partial charge is 0.407 e. The molecule has 26 heavy (non-hydrogen) atoms. The van der Waals surface area contributed by atoms with Crippen LogP contribution < -0.4 is 10.9 Å². The number of amides is 1. The van der Waals surface area contributed by atoms with Gasteiger partial charge in [0.05, 0.1) is 5.69 Å². The summed E-state index contributed by atoms with van der Waals surface area (Å²) < 4.78 is 8.94. The van der Waals surface area contributed by atoms with Crippen LogP contribution >= 0.6 is 0 Å². The van der Waals surface area contributed by atoms with E-state index in [9.17, 15) is 9.59 Å². The van der Waals surface area contributed by atoms with Gasteiger partial charge in [-0.15, -0.1) is 0 Å². The quantitative estimate of drug-likeness (QED) is 0.687. The number of pyridine rings is 1. The van der Waals surface area contributed by atoms with Gasteiger partial charge in [0, 0.05) is 13.1 Å². The van der Waals surface area contributed by atoms with Gasteiger partial charge in [-0.25, -0.2) is 9.78 Å². The molecule has 1 N–H and O–H groups in total. The topological polar surface area (TPSA) is 77.6 Å². The van der Waals surface area contributed by atoms with E-state index < -0.39 is 5.60 Å². The molecule has 7 nitrogen and oxygen atoms in total. The van der Waals surface area contributed by atoms with Gasteiger partial charge >= 0.3 is 6.09 Å². The third kappa shape index (κ3) is 3.66. The van der Waals surface area contributed by atoms with Crippen LogP contribution in [0.4, 0.5) is 4.79 Å². The Morgan fingerprint density at radius 1 is 1.23 bits per heavy atom. The van der Waals surface area contributed by atoms with E-state index in [1.807, 2.05) is 54.9 Å². The number of hydrogen-bond donors (Lipinski definition) is 1. The van der Waals surface area contributed by atoms with Crippen molar-refractivity contribution in [2.75, 3.05) is 6.54 Å². The molecule has 0 aliphatic heterocycles. The Bertz CT molecular complexity index is 965. The summed E-state index contributed by atoms with van der Waals surface area (Å²) >= 11 is 0. The Morgan fingerprint density at radius 2 is 2.00 bits per heavy atom. The molecule has 3 heterocycles. The van der Waals surface area contributed by atoms with Gasteiger partial charge in [0.15, 0.2) is 0 Å². The van der Waals surface area contributed by atoms with Crippen molar-refractivity contribution in [1.29, 1.82) is 0 Å². The zero-order chi connectivity index (χ0) is 18.9. The molecule has 0 atom stereocenters. The van der Waals surface area contributed by atoms with Gasteiger partial charge in [0.25, 0.3) is 5.56 Å². The maximum Gasteiger partial charge on any atom is 0.407 e. The molecule has 0 spiro atoms. The number of imidazole rings is 2. The molecule has 0 saturated carbocycles. The molecule has 0 radical (unpaired) electrons. The van der Waals surface area contributed by atoms with Gasteiger partial charge in [-0.05, 0) is 59.1 Å². The lowest BCUT2D eigenvalue weighted by molar-refractivity contribution is 0.0527. The summed E-state index contributed by atoms with van der Waals surface area (Å²) in [5, 5.41) is 2.76. The number of ether oxygens (including phenoxy) is 1. The molecule has 0 saturated heterocycles. The predicted molar refractivity (Wildman–Crippen MR) is 101 cm³/mol. The first-order valence-electron chi connectivity index (χ1n) is 9.05. The summed E-state index contributed by atoms with van der Waals surface area (Å²) in [6, 6.07) is 5.62. The molecule has 0 aliphatic carbocycles. The summed E-state index contributed by atoms with van der Waals surface area (Å²) in [6.45, 7) is 8.67. The fraction of sp³-hybridized carbons (Fsp3) is 0.526. The molecule has 0 unspecified atom stereocenters. The summed E-state index contributed by atoms with van der Waals surface area (Å²) in [5.41, 5.74) is 2.78. The number of aromatic nitrogens is 3. The summed E-state index contributed by atoms with van der Waals surface area (Å²) in [7, 11) is 0. The van der Waals surface area contributed by atoms with Crippen LogP contribution in [0.15, 0.2) is 23.0 Å². The Balaban J connectivity index is 1.54. The molecule has 1 amide bonds. The first kappa shape index (κ1) is 18.2. The first-order valence-corrected chi connectivity index (χ1v) is 9.05. The van der Waals surface area contributed by atoms with Gasteiger partial charge in [-0.1, -0.05) is 6.07 Å². The summed E-state index contributed by atoms with van der Waals surface area (Å²) in [5.74, 6) is 0. The van der Waals surface area contributed by atoms with Gasteiger partial charge in [0.2, 0.25) is 0 Å². The zero-order valence-corrected chi connectivity index (χ0v) is 15.8. The maximum atomic E-state index is 12.6. The molecule has 0 bridgehead atoms. The van der Waals surface area contributed by atoms with Crippen LogP contribution in [0.5, 0.6) is 0 Å². The highest BCUT2D eigenvalue weighted by molar-refractivity contribution is 5.69. The Labute approximate surface area is 152 Å². The van der Waals surface area contributed by atoms with Crippen molar-refractivity contribution in [2.24, 2.45) is 0 Å². The van der Waals surface area contributed by atoms with Crippen LogP contribution in [0.3, 0.4) is 0 Å². The van der Waals surface area contributed by atoms with Crippen LogP contribution in [0.1, 0.15) is 45.7 Å². The van der Waals surface area contributed by atoms with Crippen LogP contribution in [0.2, 0.25) is 0 Å². The largest absolute Gasteiger partial charge is 0.444 e. The fourth-order valence-electron chi connectivity index (χ4n) is 3.19. The fourth-order valence-corrected chi connectivity index (χ4v) is 3.19. The highest BCUT2D eigenvalue weighted by atomic mass is 16.6. The maximum absolute atomic E-state index is 12.6. The molecule has 3 aromatic rings. The Hall–Kier alpha value is -2.57. The number of aryl methyl sites for hydroxylation is 2. The molecule has 3 aromatic heterocycles. The third-order valence-electron chi connectivity index (χ3n) is 4.23. The predicted octanol–water partition coefficient (Wildman–Crippen LogP) is 3.09.